The number of esters is 1. The molecule has 1 aromatic heterocycles. The molecule has 7 heteroatoms. The molecule has 0 aliphatic carbocycles. The van der Waals surface area contributed by atoms with Gasteiger partial charge in [0.05, 0.1) is 0 Å². The number of carbonyl (C=O) groups is 3. The first-order chi connectivity index (χ1) is 15.8. The zero-order valence-corrected chi connectivity index (χ0v) is 18.9. The van der Waals surface area contributed by atoms with Gasteiger partial charge in [-0.3, -0.25) is 9.59 Å². The first-order valence-corrected chi connectivity index (χ1v) is 10.8. The van der Waals surface area contributed by atoms with E-state index in [2.05, 4.69) is 5.32 Å². The van der Waals surface area contributed by atoms with Crippen molar-refractivity contribution < 1.29 is 23.9 Å². The summed E-state index contributed by atoms with van der Waals surface area (Å²) in [5.74, 6) is -0.389. The molecule has 0 atom stereocenters. The van der Waals surface area contributed by atoms with Gasteiger partial charge in [-0.05, 0) is 69.2 Å². The van der Waals surface area contributed by atoms with Gasteiger partial charge in [-0.25, -0.2) is 4.79 Å². The maximum absolute atomic E-state index is 12.7. The lowest BCUT2D eigenvalue weighted by molar-refractivity contribution is -0.144. The Morgan fingerprint density at radius 2 is 1.73 bits per heavy atom. The lowest BCUT2D eigenvalue weighted by Crippen LogP contribution is -2.20. The second-order valence-corrected chi connectivity index (χ2v) is 8.20. The van der Waals surface area contributed by atoms with Crippen LogP contribution in [0.5, 0.6) is 5.75 Å². The number of fused-ring (bicyclic) bond motifs is 1. The molecule has 1 N–H and O–H groups in total. The zero-order chi connectivity index (χ0) is 23.5. The van der Waals surface area contributed by atoms with Crippen molar-refractivity contribution in [3.63, 3.8) is 0 Å². The summed E-state index contributed by atoms with van der Waals surface area (Å²) < 4.78 is 12.7. The van der Waals surface area contributed by atoms with Crippen molar-refractivity contribution in [2.75, 3.05) is 18.5 Å². The molecule has 1 aliphatic heterocycles. The molecule has 0 bridgehead atoms. The highest BCUT2D eigenvalue weighted by atomic mass is 16.6. The standard InChI is InChI=1S/C26H26N2O5/c1-16-4-7-20(8-5-16)28-17(2)12-22(18(28)3)24(29)14-33-26(31)15-32-21-9-10-23-19(13-21)6-11-25(30)27-23/h4-5,7-10,12-13H,6,11,14-15H2,1-3H3,(H,27,30). The molecule has 0 saturated carbocycles. The highest BCUT2D eigenvalue weighted by molar-refractivity contribution is 5.99. The predicted octanol–water partition coefficient (Wildman–Crippen LogP) is 4.09. The minimum absolute atomic E-state index is 0.0101. The minimum Gasteiger partial charge on any atom is -0.482 e. The van der Waals surface area contributed by atoms with Crippen LogP contribution in [-0.4, -0.2) is 35.4 Å². The quantitative estimate of drug-likeness (QED) is 0.436. The van der Waals surface area contributed by atoms with E-state index in [0.717, 1.165) is 33.9 Å². The van der Waals surface area contributed by atoms with Gasteiger partial charge in [0.1, 0.15) is 5.75 Å². The fourth-order valence-corrected chi connectivity index (χ4v) is 3.99. The summed E-state index contributed by atoms with van der Waals surface area (Å²) >= 11 is 0. The summed E-state index contributed by atoms with van der Waals surface area (Å²) in [6.45, 7) is 5.19. The molecule has 0 fully saturated rings. The van der Waals surface area contributed by atoms with Gasteiger partial charge in [0, 0.05) is 34.7 Å². The SMILES string of the molecule is Cc1ccc(-n2c(C)cc(C(=O)COC(=O)COc3ccc4c(c3)CCC(=O)N4)c2C)cc1. The Kier molecular flexibility index (Phi) is 6.31. The molecule has 33 heavy (non-hydrogen) atoms. The van der Waals surface area contributed by atoms with Crippen molar-refractivity contribution in [1.82, 2.24) is 4.57 Å². The van der Waals surface area contributed by atoms with Crippen molar-refractivity contribution >= 4 is 23.3 Å². The Bertz CT molecular complexity index is 1220. The van der Waals surface area contributed by atoms with Crippen molar-refractivity contribution in [1.29, 1.82) is 0 Å². The first-order valence-electron chi connectivity index (χ1n) is 10.8. The molecular formula is C26H26N2O5. The van der Waals surface area contributed by atoms with Crippen LogP contribution in [0.4, 0.5) is 5.69 Å². The number of rotatable bonds is 7. The van der Waals surface area contributed by atoms with Crippen LogP contribution in [0, 0.1) is 20.8 Å². The lowest BCUT2D eigenvalue weighted by atomic mass is 10.0. The number of amides is 1. The van der Waals surface area contributed by atoms with Gasteiger partial charge in [-0.15, -0.1) is 0 Å². The summed E-state index contributed by atoms with van der Waals surface area (Å²) in [6.07, 6.45) is 1.05. The van der Waals surface area contributed by atoms with Gasteiger partial charge in [-0.2, -0.15) is 0 Å². The predicted molar refractivity (Wildman–Crippen MR) is 124 cm³/mol. The van der Waals surface area contributed by atoms with E-state index in [1.54, 1.807) is 18.2 Å². The zero-order valence-electron chi connectivity index (χ0n) is 18.9. The highest BCUT2D eigenvalue weighted by Crippen LogP contribution is 2.27. The van der Waals surface area contributed by atoms with Crippen LogP contribution in [0.25, 0.3) is 5.69 Å². The number of Topliss-reactive ketones (excluding diaryl/α,β-unsaturated/α-hetero) is 1. The molecular weight excluding hydrogens is 420 g/mol. The molecule has 0 saturated heterocycles. The molecule has 0 spiro atoms. The molecule has 4 rings (SSSR count). The number of hydrogen-bond acceptors (Lipinski definition) is 5. The molecule has 3 aromatic rings. The van der Waals surface area contributed by atoms with Crippen molar-refractivity contribution in [2.45, 2.75) is 33.6 Å². The summed E-state index contributed by atoms with van der Waals surface area (Å²) in [6, 6.07) is 15.1. The Balaban J connectivity index is 1.33. The highest BCUT2D eigenvalue weighted by Gasteiger charge is 2.19. The molecule has 0 radical (unpaired) electrons. The fourth-order valence-electron chi connectivity index (χ4n) is 3.99. The molecule has 7 nitrogen and oxygen atoms in total. The van der Waals surface area contributed by atoms with Gasteiger partial charge in [0.15, 0.2) is 13.2 Å². The summed E-state index contributed by atoms with van der Waals surface area (Å²) in [4.78, 5) is 36.3. The van der Waals surface area contributed by atoms with Crippen LogP contribution >= 0.6 is 0 Å². The third kappa shape index (κ3) is 4.98. The van der Waals surface area contributed by atoms with Crippen molar-refractivity contribution in [3.8, 4) is 11.4 Å². The number of carbonyl (C=O) groups excluding carboxylic acids is 3. The third-order valence-corrected chi connectivity index (χ3v) is 5.72. The number of nitrogens with zero attached hydrogens (tertiary/aromatic N) is 1. The van der Waals surface area contributed by atoms with Crippen LogP contribution in [0.2, 0.25) is 0 Å². The van der Waals surface area contributed by atoms with E-state index < -0.39 is 5.97 Å². The van der Waals surface area contributed by atoms with Crippen LogP contribution in [0.1, 0.15) is 39.3 Å². The fraction of sp³-hybridized carbons (Fsp3) is 0.269. The average Bonchev–Trinajstić information content (AvgIpc) is 3.10. The largest absolute Gasteiger partial charge is 0.482 e. The normalized spacial score (nSPS) is 12.6. The second kappa shape index (κ2) is 9.32. The molecule has 0 unspecified atom stereocenters. The van der Waals surface area contributed by atoms with E-state index in [4.69, 9.17) is 9.47 Å². The smallest absolute Gasteiger partial charge is 0.344 e. The summed E-state index contributed by atoms with van der Waals surface area (Å²) in [7, 11) is 0. The Labute approximate surface area is 192 Å². The molecule has 1 amide bonds. The summed E-state index contributed by atoms with van der Waals surface area (Å²) in [5.41, 5.74) is 6.11. The van der Waals surface area contributed by atoms with Crippen LogP contribution in [0.15, 0.2) is 48.5 Å². The van der Waals surface area contributed by atoms with E-state index in [1.165, 1.54) is 0 Å². The number of ether oxygens (including phenoxy) is 2. The maximum atomic E-state index is 12.7. The number of anilines is 1. The number of aryl methyl sites for hydroxylation is 3. The molecule has 2 heterocycles. The second-order valence-electron chi connectivity index (χ2n) is 8.20. The number of ketones is 1. The first kappa shape index (κ1) is 22.3. The average molecular weight is 447 g/mol. The Hall–Kier alpha value is -3.87. The van der Waals surface area contributed by atoms with Gasteiger partial charge in [0.2, 0.25) is 11.7 Å². The van der Waals surface area contributed by atoms with E-state index in [9.17, 15) is 14.4 Å². The van der Waals surface area contributed by atoms with Gasteiger partial charge in [0.25, 0.3) is 0 Å². The van der Waals surface area contributed by atoms with Gasteiger partial charge >= 0.3 is 5.97 Å². The summed E-state index contributed by atoms with van der Waals surface area (Å²) in [5, 5.41) is 2.80. The number of nitrogens with one attached hydrogen (secondary N) is 1. The van der Waals surface area contributed by atoms with E-state index >= 15 is 0 Å². The monoisotopic (exact) mass is 446 g/mol. The van der Waals surface area contributed by atoms with Gasteiger partial charge in [-0.1, -0.05) is 17.7 Å². The third-order valence-electron chi connectivity index (χ3n) is 5.72. The van der Waals surface area contributed by atoms with Crippen LogP contribution < -0.4 is 10.1 Å². The molecule has 170 valence electrons. The number of aromatic nitrogens is 1. The van der Waals surface area contributed by atoms with E-state index in [0.29, 0.717) is 24.2 Å². The minimum atomic E-state index is -0.623. The van der Waals surface area contributed by atoms with Crippen LogP contribution in [0.3, 0.4) is 0 Å². The van der Waals surface area contributed by atoms with Crippen LogP contribution in [-0.2, 0) is 20.7 Å². The Morgan fingerprint density at radius 3 is 2.48 bits per heavy atom. The Morgan fingerprint density at radius 1 is 0.970 bits per heavy atom. The van der Waals surface area contributed by atoms with Crippen molar-refractivity contribution in [2.24, 2.45) is 0 Å². The molecule has 2 aromatic carbocycles. The maximum Gasteiger partial charge on any atom is 0.344 e. The topological polar surface area (TPSA) is 86.6 Å². The van der Waals surface area contributed by atoms with Crippen molar-refractivity contribution in [3.05, 3.63) is 76.6 Å². The molecule has 1 aliphatic rings. The van der Waals surface area contributed by atoms with Gasteiger partial charge < -0.3 is 19.4 Å². The van der Waals surface area contributed by atoms with E-state index in [1.807, 2.05) is 55.7 Å². The number of hydrogen-bond donors (Lipinski definition) is 1. The van der Waals surface area contributed by atoms with E-state index in [-0.39, 0.29) is 24.9 Å². The lowest BCUT2D eigenvalue weighted by Gasteiger charge is -2.17. The number of benzene rings is 2.